The lowest BCUT2D eigenvalue weighted by Gasteiger charge is -2.41. The van der Waals surface area contributed by atoms with E-state index in [0.717, 1.165) is 36.1 Å². The van der Waals surface area contributed by atoms with Crippen LogP contribution in [-0.2, 0) is 11.3 Å². The predicted molar refractivity (Wildman–Crippen MR) is 81.6 cm³/mol. The molecule has 1 heterocycles. The standard InChI is InChI=1S/C14H24BrN3O2/c1-17(2)7-8-18-13(11(15)10-16-18)12(19)9-14(20-3)5-4-6-14/h10,12,19H,4-9H2,1-3H3. The van der Waals surface area contributed by atoms with Crippen LogP contribution in [0.3, 0.4) is 0 Å². The third-order valence-corrected chi connectivity index (χ3v) is 4.78. The van der Waals surface area contributed by atoms with Crippen LogP contribution < -0.4 is 0 Å². The molecule has 1 unspecified atom stereocenters. The fourth-order valence-electron chi connectivity index (χ4n) is 2.69. The van der Waals surface area contributed by atoms with Crippen LogP contribution in [0.1, 0.15) is 37.5 Å². The Balaban J connectivity index is 2.08. The predicted octanol–water partition coefficient (Wildman–Crippen LogP) is 2.20. The zero-order valence-electron chi connectivity index (χ0n) is 12.5. The summed E-state index contributed by atoms with van der Waals surface area (Å²) in [5.74, 6) is 0. The van der Waals surface area contributed by atoms with Gasteiger partial charge in [-0.05, 0) is 49.3 Å². The molecule has 0 aliphatic heterocycles. The van der Waals surface area contributed by atoms with Crippen molar-refractivity contribution in [3.05, 3.63) is 16.4 Å². The lowest BCUT2D eigenvalue weighted by Crippen LogP contribution is -2.40. The third kappa shape index (κ3) is 3.42. The molecule has 1 aromatic rings. The van der Waals surface area contributed by atoms with E-state index >= 15 is 0 Å². The number of hydrogen-bond acceptors (Lipinski definition) is 4. The van der Waals surface area contributed by atoms with Crippen molar-refractivity contribution in [3.8, 4) is 0 Å². The zero-order valence-corrected chi connectivity index (χ0v) is 14.1. The number of methoxy groups -OCH3 is 1. The molecule has 0 spiro atoms. The van der Waals surface area contributed by atoms with Crippen molar-refractivity contribution in [2.75, 3.05) is 27.7 Å². The molecule has 1 atom stereocenters. The summed E-state index contributed by atoms with van der Waals surface area (Å²) in [6.45, 7) is 1.66. The van der Waals surface area contributed by atoms with E-state index in [1.807, 2.05) is 18.8 Å². The van der Waals surface area contributed by atoms with Gasteiger partial charge in [-0.2, -0.15) is 5.10 Å². The SMILES string of the molecule is COC1(CC(O)c2c(Br)cnn2CCN(C)C)CCC1. The van der Waals surface area contributed by atoms with E-state index in [0.29, 0.717) is 6.42 Å². The highest BCUT2D eigenvalue weighted by Gasteiger charge is 2.40. The number of likely N-dealkylation sites (N-methyl/N-ethyl adjacent to an activating group) is 1. The Hall–Kier alpha value is -0.430. The van der Waals surface area contributed by atoms with E-state index in [1.165, 1.54) is 6.42 Å². The van der Waals surface area contributed by atoms with Crippen LogP contribution in [0.2, 0.25) is 0 Å². The van der Waals surface area contributed by atoms with Gasteiger partial charge in [0.25, 0.3) is 0 Å². The van der Waals surface area contributed by atoms with E-state index in [9.17, 15) is 5.11 Å². The molecule has 20 heavy (non-hydrogen) atoms. The Kier molecular flexibility index (Phi) is 5.23. The quantitative estimate of drug-likeness (QED) is 0.822. The zero-order chi connectivity index (χ0) is 14.8. The first-order chi connectivity index (χ1) is 9.47. The molecule has 1 aliphatic rings. The molecule has 6 heteroatoms. The van der Waals surface area contributed by atoms with Crippen LogP contribution in [0, 0.1) is 0 Å². The van der Waals surface area contributed by atoms with Gasteiger partial charge in [-0.15, -0.1) is 0 Å². The molecule has 0 saturated heterocycles. The van der Waals surface area contributed by atoms with Gasteiger partial charge in [0.15, 0.2) is 0 Å². The molecule has 5 nitrogen and oxygen atoms in total. The minimum absolute atomic E-state index is 0.143. The molecule has 1 aliphatic carbocycles. The average molecular weight is 346 g/mol. The van der Waals surface area contributed by atoms with E-state index < -0.39 is 6.10 Å². The Bertz CT molecular complexity index is 438. The Morgan fingerprint density at radius 1 is 1.55 bits per heavy atom. The van der Waals surface area contributed by atoms with Crippen molar-refractivity contribution < 1.29 is 9.84 Å². The monoisotopic (exact) mass is 345 g/mol. The third-order valence-electron chi connectivity index (χ3n) is 4.17. The number of aliphatic hydroxyl groups excluding tert-OH is 1. The normalized spacial score (nSPS) is 19.1. The molecule has 0 aromatic carbocycles. The molecular weight excluding hydrogens is 322 g/mol. The lowest BCUT2D eigenvalue weighted by molar-refractivity contribution is -0.101. The first-order valence-corrected chi connectivity index (χ1v) is 7.86. The Labute approximate surface area is 129 Å². The first-order valence-electron chi connectivity index (χ1n) is 7.06. The van der Waals surface area contributed by atoms with Crippen LogP contribution in [0.15, 0.2) is 10.7 Å². The van der Waals surface area contributed by atoms with Gasteiger partial charge >= 0.3 is 0 Å². The second-order valence-electron chi connectivity index (χ2n) is 5.86. The molecular formula is C14H24BrN3O2. The number of rotatable bonds is 7. The average Bonchev–Trinajstić information content (AvgIpc) is 2.72. The van der Waals surface area contributed by atoms with Gasteiger partial charge in [-0.3, -0.25) is 4.68 Å². The molecule has 0 bridgehead atoms. The lowest BCUT2D eigenvalue weighted by atomic mass is 9.76. The topological polar surface area (TPSA) is 50.5 Å². The van der Waals surface area contributed by atoms with Crippen LogP contribution >= 0.6 is 15.9 Å². The fourth-order valence-corrected chi connectivity index (χ4v) is 3.25. The summed E-state index contributed by atoms with van der Waals surface area (Å²) in [6.07, 6.45) is 5.09. The van der Waals surface area contributed by atoms with Crippen molar-refractivity contribution in [1.29, 1.82) is 0 Å². The van der Waals surface area contributed by atoms with Gasteiger partial charge in [0.2, 0.25) is 0 Å². The highest BCUT2D eigenvalue weighted by molar-refractivity contribution is 9.10. The maximum Gasteiger partial charge on any atom is 0.0995 e. The van der Waals surface area contributed by atoms with E-state index in [4.69, 9.17) is 4.74 Å². The molecule has 1 N–H and O–H groups in total. The number of ether oxygens (including phenoxy) is 1. The number of hydrogen-bond donors (Lipinski definition) is 1. The van der Waals surface area contributed by atoms with Gasteiger partial charge < -0.3 is 14.7 Å². The highest BCUT2D eigenvalue weighted by atomic mass is 79.9. The fraction of sp³-hybridized carbons (Fsp3) is 0.786. The number of nitrogens with zero attached hydrogens (tertiary/aromatic N) is 3. The summed E-state index contributed by atoms with van der Waals surface area (Å²) in [4.78, 5) is 2.11. The summed E-state index contributed by atoms with van der Waals surface area (Å²) in [6, 6.07) is 0. The van der Waals surface area contributed by atoms with Gasteiger partial charge in [-0.25, -0.2) is 0 Å². The van der Waals surface area contributed by atoms with Gasteiger partial charge in [0.05, 0.1) is 34.6 Å². The summed E-state index contributed by atoms with van der Waals surface area (Å²) >= 11 is 3.50. The maximum absolute atomic E-state index is 10.6. The molecule has 1 saturated carbocycles. The van der Waals surface area contributed by atoms with E-state index in [1.54, 1.807) is 13.3 Å². The van der Waals surface area contributed by atoms with Crippen molar-refractivity contribution in [2.24, 2.45) is 0 Å². The van der Waals surface area contributed by atoms with Crippen LogP contribution in [0.5, 0.6) is 0 Å². The molecule has 1 fully saturated rings. The summed E-state index contributed by atoms with van der Waals surface area (Å²) in [5.41, 5.74) is 0.713. The van der Waals surface area contributed by atoms with Crippen molar-refractivity contribution in [3.63, 3.8) is 0 Å². The summed E-state index contributed by atoms with van der Waals surface area (Å²) in [5, 5.41) is 14.9. The number of aliphatic hydroxyl groups is 1. The largest absolute Gasteiger partial charge is 0.387 e. The van der Waals surface area contributed by atoms with Crippen LogP contribution in [0.4, 0.5) is 0 Å². The highest BCUT2D eigenvalue weighted by Crippen LogP contribution is 2.42. The maximum atomic E-state index is 10.6. The van der Waals surface area contributed by atoms with Gasteiger partial charge in [0.1, 0.15) is 0 Å². The Morgan fingerprint density at radius 3 is 2.75 bits per heavy atom. The first kappa shape index (κ1) is 15.9. The van der Waals surface area contributed by atoms with Gasteiger partial charge in [-0.1, -0.05) is 0 Å². The minimum Gasteiger partial charge on any atom is -0.387 e. The molecule has 114 valence electrons. The minimum atomic E-state index is -0.547. The molecule has 0 radical (unpaired) electrons. The van der Waals surface area contributed by atoms with Crippen molar-refractivity contribution in [2.45, 2.75) is 43.9 Å². The van der Waals surface area contributed by atoms with Crippen molar-refractivity contribution >= 4 is 15.9 Å². The van der Waals surface area contributed by atoms with E-state index in [2.05, 4.69) is 25.9 Å². The number of aromatic nitrogens is 2. The molecule has 1 aromatic heterocycles. The van der Waals surface area contributed by atoms with Crippen LogP contribution in [-0.4, -0.2) is 53.1 Å². The van der Waals surface area contributed by atoms with Crippen molar-refractivity contribution in [1.82, 2.24) is 14.7 Å². The van der Waals surface area contributed by atoms with E-state index in [-0.39, 0.29) is 5.60 Å². The summed E-state index contributed by atoms with van der Waals surface area (Å²) < 4.78 is 8.36. The number of halogens is 1. The van der Waals surface area contributed by atoms with Crippen LogP contribution in [0.25, 0.3) is 0 Å². The summed E-state index contributed by atoms with van der Waals surface area (Å²) in [7, 11) is 5.80. The Morgan fingerprint density at radius 2 is 2.25 bits per heavy atom. The smallest absolute Gasteiger partial charge is 0.0995 e. The van der Waals surface area contributed by atoms with Gasteiger partial charge in [0, 0.05) is 20.1 Å². The molecule has 2 rings (SSSR count). The second kappa shape index (κ2) is 6.56. The molecule has 0 amide bonds. The second-order valence-corrected chi connectivity index (χ2v) is 6.72.